The first-order valence-corrected chi connectivity index (χ1v) is 13.6. The molecule has 1 atom stereocenters. The minimum Gasteiger partial charge on any atom is -0.309 e. The van der Waals surface area contributed by atoms with E-state index in [9.17, 15) is 13.2 Å². The molecule has 182 valence electrons. The maximum Gasteiger partial charge on any atom is 0.243 e. The van der Waals surface area contributed by atoms with Crippen molar-refractivity contribution in [2.75, 3.05) is 31.1 Å². The van der Waals surface area contributed by atoms with Crippen LogP contribution in [-0.4, -0.2) is 55.8 Å². The van der Waals surface area contributed by atoms with E-state index in [2.05, 4.69) is 29.2 Å². The van der Waals surface area contributed by atoms with E-state index in [0.29, 0.717) is 37.5 Å². The Morgan fingerprint density at radius 2 is 1.43 bits per heavy atom. The van der Waals surface area contributed by atoms with Gasteiger partial charge in [-0.05, 0) is 48.2 Å². The van der Waals surface area contributed by atoms with Gasteiger partial charge in [-0.3, -0.25) is 9.69 Å². The molecule has 7 heteroatoms. The molecular formula is C28H31N3O3S. The van der Waals surface area contributed by atoms with Gasteiger partial charge in [0.1, 0.15) is 0 Å². The normalized spacial score (nSPS) is 19.2. The van der Waals surface area contributed by atoms with E-state index < -0.39 is 10.0 Å². The molecule has 1 amide bonds. The lowest BCUT2D eigenvalue weighted by molar-refractivity contribution is -0.116. The summed E-state index contributed by atoms with van der Waals surface area (Å²) in [7, 11) is -3.61. The van der Waals surface area contributed by atoms with Crippen LogP contribution in [0.4, 0.5) is 5.69 Å². The molecule has 5 rings (SSSR count). The van der Waals surface area contributed by atoms with Crippen molar-refractivity contribution in [2.45, 2.75) is 37.2 Å². The highest BCUT2D eigenvalue weighted by atomic mass is 32.2. The lowest BCUT2D eigenvalue weighted by atomic mass is 9.96. The fourth-order valence-corrected chi connectivity index (χ4v) is 6.96. The quantitative estimate of drug-likeness (QED) is 0.542. The van der Waals surface area contributed by atoms with Gasteiger partial charge in [0, 0.05) is 44.8 Å². The number of hydrogen-bond acceptors (Lipinski definition) is 4. The molecule has 0 N–H and O–H groups in total. The van der Waals surface area contributed by atoms with Crippen molar-refractivity contribution in [2.24, 2.45) is 0 Å². The second kappa shape index (κ2) is 9.57. The van der Waals surface area contributed by atoms with E-state index >= 15 is 0 Å². The lowest BCUT2D eigenvalue weighted by Crippen LogP contribution is -2.49. The molecule has 6 nitrogen and oxygen atoms in total. The maximum atomic E-state index is 13.5. The molecule has 1 saturated heterocycles. The zero-order chi connectivity index (χ0) is 24.6. The summed E-state index contributed by atoms with van der Waals surface area (Å²) < 4.78 is 28.7. The Morgan fingerprint density at radius 3 is 1.97 bits per heavy atom. The first kappa shape index (κ1) is 23.7. The minimum absolute atomic E-state index is 0.0191. The Labute approximate surface area is 207 Å². The third kappa shape index (κ3) is 4.51. The minimum atomic E-state index is -3.61. The van der Waals surface area contributed by atoms with Crippen LogP contribution in [0.15, 0.2) is 83.8 Å². The average Bonchev–Trinajstić information content (AvgIpc) is 3.21. The third-order valence-corrected chi connectivity index (χ3v) is 9.01. The van der Waals surface area contributed by atoms with Crippen LogP contribution in [0.3, 0.4) is 0 Å². The Balaban J connectivity index is 1.35. The SMILES string of the molecule is CC(=O)N1c2ccc(S(=O)(=O)N3CCN(C(c4ccccc4)c4ccccc4)CC3)cc2C[C@H]1C. The fraction of sp³-hybridized carbons (Fsp3) is 0.321. The van der Waals surface area contributed by atoms with E-state index in [1.54, 1.807) is 34.3 Å². The van der Waals surface area contributed by atoms with E-state index in [1.807, 2.05) is 43.3 Å². The molecule has 3 aromatic carbocycles. The summed E-state index contributed by atoms with van der Waals surface area (Å²) in [5.74, 6) is -0.0191. The largest absolute Gasteiger partial charge is 0.309 e. The van der Waals surface area contributed by atoms with E-state index in [1.165, 1.54) is 11.1 Å². The van der Waals surface area contributed by atoms with Crippen molar-refractivity contribution in [3.63, 3.8) is 0 Å². The number of amides is 1. The standard InChI is InChI=1S/C28H31N3O3S/c1-21-19-25-20-26(13-14-27(25)31(21)22(2)32)35(33,34)30-17-15-29(16-18-30)28(23-9-5-3-6-10-23)24-11-7-4-8-12-24/h3-14,20-21,28H,15-19H2,1-2H3/t21-/m1/s1. The van der Waals surface area contributed by atoms with Gasteiger partial charge in [0.05, 0.1) is 10.9 Å². The average molecular weight is 490 g/mol. The molecule has 1 fully saturated rings. The number of sulfonamides is 1. The highest BCUT2D eigenvalue weighted by molar-refractivity contribution is 7.89. The summed E-state index contributed by atoms with van der Waals surface area (Å²) in [5, 5.41) is 0. The van der Waals surface area contributed by atoms with Gasteiger partial charge in [-0.25, -0.2) is 8.42 Å². The number of fused-ring (bicyclic) bond motifs is 1. The van der Waals surface area contributed by atoms with Gasteiger partial charge in [-0.1, -0.05) is 60.7 Å². The zero-order valence-corrected chi connectivity index (χ0v) is 21.0. The van der Waals surface area contributed by atoms with Crippen LogP contribution in [0.1, 0.15) is 36.6 Å². The maximum absolute atomic E-state index is 13.5. The number of nitrogens with zero attached hydrogens (tertiary/aromatic N) is 3. The number of carbonyl (C=O) groups is 1. The van der Waals surface area contributed by atoms with E-state index in [0.717, 1.165) is 11.3 Å². The van der Waals surface area contributed by atoms with Crippen molar-refractivity contribution in [3.8, 4) is 0 Å². The molecule has 0 spiro atoms. The molecule has 3 aromatic rings. The molecule has 0 aliphatic carbocycles. The Kier molecular flexibility index (Phi) is 6.49. The molecule has 35 heavy (non-hydrogen) atoms. The van der Waals surface area contributed by atoms with Crippen molar-refractivity contribution < 1.29 is 13.2 Å². The Hall–Kier alpha value is -3.00. The number of rotatable bonds is 5. The van der Waals surface area contributed by atoms with Crippen LogP contribution in [0, 0.1) is 0 Å². The van der Waals surface area contributed by atoms with Crippen molar-refractivity contribution in [3.05, 3.63) is 95.6 Å². The number of hydrogen-bond donors (Lipinski definition) is 0. The highest BCUT2D eigenvalue weighted by Crippen LogP contribution is 2.35. The molecule has 0 saturated carbocycles. The third-order valence-electron chi connectivity index (χ3n) is 7.11. The van der Waals surface area contributed by atoms with Gasteiger partial charge in [0.25, 0.3) is 0 Å². The van der Waals surface area contributed by atoms with Crippen molar-refractivity contribution in [1.29, 1.82) is 0 Å². The smallest absolute Gasteiger partial charge is 0.243 e. The van der Waals surface area contributed by atoms with Crippen LogP contribution >= 0.6 is 0 Å². The zero-order valence-electron chi connectivity index (χ0n) is 20.2. The Bertz CT molecular complexity index is 1260. The van der Waals surface area contributed by atoms with Crippen LogP contribution in [-0.2, 0) is 21.2 Å². The molecule has 2 heterocycles. The summed E-state index contributed by atoms with van der Waals surface area (Å²) >= 11 is 0. The molecule has 2 aliphatic rings. The molecule has 0 aromatic heterocycles. The van der Waals surface area contributed by atoms with Gasteiger partial charge in [0.2, 0.25) is 15.9 Å². The number of carbonyl (C=O) groups excluding carboxylic acids is 1. The molecule has 0 radical (unpaired) electrons. The predicted molar refractivity (Wildman–Crippen MR) is 138 cm³/mol. The van der Waals surface area contributed by atoms with Crippen LogP contribution in [0.2, 0.25) is 0 Å². The second-order valence-electron chi connectivity index (χ2n) is 9.40. The van der Waals surface area contributed by atoms with E-state index in [4.69, 9.17) is 0 Å². The highest BCUT2D eigenvalue weighted by Gasteiger charge is 2.34. The van der Waals surface area contributed by atoms with E-state index in [-0.39, 0.29) is 18.0 Å². The first-order valence-electron chi connectivity index (χ1n) is 12.1. The lowest BCUT2D eigenvalue weighted by Gasteiger charge is -2.39. The number of piperazine rings is 1. The van der Waals surface area contributed by atoms with Crippen molar-refractivity contribution in [1.82, 2.24) is 9.21 Å². The fourth-order valence-electron chi connectivity index (χ4n) is 5.48. The topological polar surface area (TPSA) is 60.9 Å². The van der Waals surface area contributed by atoms with Crippen LogP contribution in [0.25, 0.3) is 0 Å². The molecule has 0 unspecified atom stereocenters. The molecule has 0 bridgehead atoms. The van der Waals surface area contributed by atoms with Gasteiger partial charge >= 0.3 is 0 Å². The van der Waals surface area contributed by atoms with Gasteiger partial charge in [-0.15, -0.1) is 0 Å². The first-order chi connectivity index (χ1) is 16.9. The molecular weight excluding hydrogens is 458 g/mol. The number of benzene rings is 3. The summed E-state index contributed by atoms with van der Waals surface area (Å²) in [6.45, 7) is 5.71. The van der Waals surface area contributed by atoms with Crippen LogP contribution < -0.4 is 4.90 Å². The monoisotopic (exact) mass is 489 g/mol. The summed E-state index contributed by atoms with van der Waals surface area (Å²) in [5.41, 5.74) is 4.15. The summed E-state index contributed by atoms with van der Waals surface area (Å²) in [4.78, 5) is 16.5. The van der Waals surface area contributed by atoms with Crippen molar-refractivity contribution >= 4 is 21.6 Å². The van der Waals surface area contributed by atoms with Gasteiger partial charge in [0.15, 0.2) is 0 Å². The second-order valence-corrected chi connectivity index (χ2v) is 11.3. The Morgan fingerprint density at radius 1 is 0.857 bits per heavy atom. The summed E-state index contributed by atoms with van der Waals surface area (Å²) in [6.07, 6.45) is 0.669. The molecule has 2 aliphatic heterocycles. The van der Waals surface area contributed by atoms with Gasteiger partial charge < -0.3 is 4.90 Å². The summed E-state index contributed by atoms with van der Waals surface area (Å²) in [6, 6.07) is 26.1. The predicted octanol–water partition coefficient (Wildman–Crippen LogP) is 4.08. The van der Waals surface area contributed by atoms with Crippen LogP contribution in [0.5, 0.6) is 0 Å². The van der Waals surface area contributed by atoms with Gasteiger partial charge in [-0.2, -0.15) is 4.31 Å². The number of anilines is 1.